The molecule has 0 radical (unpaired) electrons. The van der Waals surface area contributed by atoms with E-state index in [0.717, 1.165) is 19.3 Å². The zero-order chi connectivity index (χ0) is 13.3. The van der Waals surface area contributed by atoms with Gasteiger partial charge in [-0.25, -0.2) is 9.59 Å². The third kappa shape index (κ3) is 2.58. The van der Waals surface area contributed by atoms with Gasteiger partial charge in [0.05, 0.1) is 5.37 Å². The monoisotopic (exact) mass is 272 g/mol. The van der Waals surface area contributed by atoms with E-state index in [0.29, 0.717) is 5.75 Å². The van der Waals surface area contributed by atoms with E-state index in [9.17, 15) is 14.7 Å². The number of urea groups is 1. The standard InChI is InChI=1S/C12H20N2O3S/c1-7(2)10-14(9(6-18-10)11(15)16)12(17)13-8-4-3-5-8/h7-10H,3-6H2,1-2H3,(H,13,17)(H,15,16). The molecular formula is C12H20N2O3S. The molecule has 2 rings (SSSR count). The fourth-order valence-electron chi connectivity index (χ4n) is 2.29. The van der Waals surface area contributed by atoms with Crippen LogP contribution in [0.2, 0.25) is 0 Å². The van der Waals surface area contributed by atoms with E-state index in [4.69, 9.17) is 0 Å². The Balaban J connectivity index is 2.06. The predicted molar refractivity (Wildman–Crippen MR) is 70.5 cm³/mol. The quantitative estimate of drug-likeness (QED) is 0.821. The number of hydrogen-bond acceptors (Lipinski definition) is 3. The number of nitrogens with zero attached hydrogens (tertiary/aromatic N) is 1. The maximum absolute atomic E-state index is 12.2. The summed E-state index contributed by atoms with van der Waals surface area (Å²) in [6, 6.07) is -0.663. The summed E-state index contributed by atoms with van der Waals surface area (Å²) < 4.78 is 0. The maximum Gasteiger partial charge on any atom is 0.327 e. The maximum atomic E-state index is 12.2. The van der Waals surface area contributed by atoms with Crippen LogP contribution in [0.1, 0.15) is 33.1 Å². The molecule has 5 nitrogen and oxygen atoms in total. The van der Waals surface area contributed by atoms with Crippen molar-refractivity contribution in [1.29, 1.82) is 0 Å². The SMILES string of the molecule is CC(C)C1SCC(C(=O)O)N1C(=O)NC1CCC1. The van der Waals surface area contributed by atoms with Gasteiger partial charge in [0.1, 0.15) is 6.04 Å². The summed E-state index contributed by atoms with van der Waals surface area (Å²) in [5, 5.41) is 12.1. The van der Waals surface area contributed by atoms with Crippen LogP contribution in [0.25, 0.3) is 0 Å². The van der Waals surface area contributed by atoms with Crippen molar-refractivity contribution in [2.24, 2.45) is 5.92 Å². The first kappa shape index (κ1) is 13.5. The largest absolute Gasteiger partial charge is 0.480 e. The lowest BCUT2D eigenvalue weighted by atomic mass is 9.93. The number of carbonyl (C=O) groups is 2. The molecule has 0 aromatic heterocycles. The van der Waals surface area contributed by atoms with Crippen molar-refractivity contribution in [3.63, 3.8) is 0 Å². The minimum Gasteiger partial charge on any atom is -0.480 e. The molecular weight excluding hydrogens is 252 g/mol. The number of rotatable bonds is 3. The average molecular weight is 272 g/mol. The van der Waals surface area contributed by atoms with Gasteiger partial charge in [-0.05, 0) is 25.2 Å². The van der Waals surface area contributed by atoms with E-state index in [1.54, 1.807) is 11.8 Å². The van der Waals surface area contributed by atoms with Crippen molar-refractivity contribution in [3.05, 3.63) is 0 Å². The van der Waals surface area contributed by atoms with Crippen molar-refractivity contribution in [1.82, 2.24) is 10.2 Å². The predicted octanol–water partition coefficient (Wildman–Crippen LogP) is 1.73. The van der Waals surface area contributed by atoms with E-state index in [2.05, 4.69) is 5.32 Å². The molecule has 0 spiro atoms. The van der Waals surface area contributed by atoms with E-state index in [1.165, 1.54) is 4.90 Å². The Morgan fingerprint density at radius 1 is 1.39 bits per heavy atom. The lowest BCUT2D eigenvalue weighted by Gasteiger charge is -2.34. The number of carbonyl (C=O) groups excluding carboxylic acids is 1. The number of carboxylic acid groups (broad SMARTS) is 1. The molecule has 1 heterocycles. The zero-order valence-electron chi connectivity index (χ0n) is 10.8. The van der Waals surface area contributed by atoms with Crippen LogP contribution in [0.4, 0.5) is 4.79 Å². The van der Waals surface area contributed by atoms with E-state index < -0.39 is 12.0 Å². The topological polar surface area (TPSA) is 69.6 Å². The van der Waals surface area contributed by atoms with Gasteiger partial charge < -0.3 is 10.4 Å². The van der Waals surface area contributed by atoms with Gasteiger partial charge >= 0.3 is 12.0 Å². The molecule has 6 heteroatoms. The summed E-state index contributed by atoms with van der Waals surface area (Å²) in [6.45, 7) is 4.04. The Morgan fingerprint density at radius 2 is 2.06 bits per heavy atom. The van der Waals surface area contributed by atoms with Crippen molar-refractivity contribution in [2.45, 2.75) is 50.6 Å². The Labute approximate surface area is 111 Å². The van der Waals surface area contributed by atoms with Crippen LogP contribution >= 0.6 is 11.8 Å². The number of hydrogen-bond donors (Lipinski definition) is 2. The van der Waals surface area contributed by atoms with Crippen molar-refractivity contribution < 1.29 is 14.7 Å². The summed E-state index contributed by atoms with van der Waals surface area (Å²) in [5.74, 6) is -0.170. The summed E-state index contributed by atoms with van der Waals surface area (Å²) >= 11 is 1.56. The molecule has 1 aliphatic heterocycles. The Morgan fingerprint density at radius 3 is 2.50 bits per heavy atom. The normalized spacial score (nSPS) is 28.3. The first-order valence-corrected chi connectivity index (χ1v) is 7.49. The molecule has 1 saturated heterocycles. The van der Waals surface area contributed by atoms with E-state index >= 15 is 0 Å². The van der Waals surface area contributed by atoms with Crippen LogP contribution in [-0.2, 0) is 4.79 Å². The molecule has 0 bridgehead atoms. The van der Waals surface area contributed by atoms with Crippen LogP contribution in [0, 0.1) is 5.92 Å². The second kappa shape index (κ2) is 5.38. The number of amides is 2. The second-order valence-electron chi connectivity index (χ2n) is 5.31. The smallest absolute Gasteiger partial charge is 0.327 e. The summed E-state index contributed by atoms with van der Waals surface area (Å²) in [7, 11) is 0. The molecule has 2 aliphatic rings. The molecule has 18 heavy (non-hydrogen) atoms. The third-order valence-corrected chi connectivity index (χ3v) is 5.18. The highest BCUT2D eigenvalue weighted by Crippen LogP contribution is 2.34. The molecule has 0 aromatic rings. The third-order valence-electron chi connectivity index (χ3n) is 3.56. The molecule has 102 valence electrons. The minimum absolute atomic E-state index is 0.0359. The van der Waals surface area contributed by atoms with Gasteiger partial charge in [0, 0.05) is 11.8 Å². The van der Waals surface area contributed by atoms with Crippen LogP contribution in [0.5, 0.6) is 0 Å². The fraction of sp³-hybridized carbons (Fsp3) is 0.833. The highest BCUT2D eigenvalue weighted by molar-refractivity contribution is 8.00. The van der Waals surface area contributed by atoms with Crippen molar-refractivity contribution >= 4 is 23.8 Å². The molecule has 0 aromatic carbocycles. The Hall–Kier alpha value is -0.910. The van der Waals surface area contributed by atoms with Gasteiger partial charge in [0.15, 0.2) is 0 Å². The lowest BCUT2D eigenvalue weighted by Crippen LogP contribution is -2.54. The Kier molecular flexibility index (Phi) is 4.04. The number of carboxylic acids is 1. The van der Waals surface area contributed by atoms with Crippen LogP contribution in [-0.4, -0.2) is 45.2 Å². The number of aliphatic carboxylic acids is 1. The van der Waals surface area contributed by atoms with Gasteiger partial charge in [-0.2, -0.15) is 0 Å². The fourth-order valence-corrected chi connectivity index (χ4v) is 3.76. The lowest BCUT2D eigenvalue weighted by molar-refractivity contribution is -0.141. The summed E-state index contributed by atoms with van der Waals surface area (Å²) in [6.07, 6.45) is 3.17. The molecule has 2 N–H and O–H groups in total. The van der Waals surface area contributed by atoms with Crippen LogP contribution in [0.3, 0.4) is 0 Å². The Bertz CT molecular complexity index is 344. The van der Waals surface area contributed by atoms with E-state index in [-0.39, 0.29) is 23.4 Å². The molecule has 2 fully saturated rings. The second-order valence-corrected chi connectivity index (χ2v) is 6.46. The summed E-state index contributed by atoms with van der Waals surface area (Å²) in [4.78, 5) is 25.0. The first-order chi connectivity index (χ1) is 8.50. The van der Waals surface area contributed by atoms with Gasteiger partial charge in [-0.3, -0.25) is 4.90 Å². The number of nitrogens with one attached hydrogen (secondary N) is 1. The first-order valence-electron chi connectivity index (χ1n) is 6.44. The average Bonchev–Trinajstić information content (AvgIpc) is 2.67. The highest BCUT2D eigenvalue weighted by Gasteiger charge is 2.43. The number of thioether (sulfide) groups is 1. The van der Waals surface area contributed by atoms with Crippen molar-refractivity contribution in [3.8, 4) is 0 Å². The molecule has 2 amide bonds. The molecule has 2 unspecified atom stereocenters. The van der Waals surface area contributed by atoms with Gasteiger partial charge in [-0.15, -0.1) is 11.8 Å². The molecule has 2 atom stereocenters. The molecule has 1 aliphatic carbocycles. The summed E-state index contributed by atoms with van der Waals surface area (Å²) in [5.41, 5.74) is 0. The van der Waals surface area contributed by atoms with Gasteiger partial charge in [0.25, 0.3) is 0 Å². The van der Waals surface area contributed by atoms with E-state index in [1.807, 2.05) is 13.8 Å². The van der Waals surface area contributed by atoms with Gasteiger partial charge in [0.2, 0.25) is 0 Å². The van der Waals surface area contributed by atoms with Crippen LogP contribution in [0.15, 0.2) is 0 Å². The van der Waals surface area contributed by atoms with Crippen molar-refractivity contribution in [2.75, 3.05) is 5.75 Å². The molecule has 1 saturated carbocycles. The minimum atomic E-state index is -0.908. The van der Waals surface area contributed by atoms with Gasteiger partial charge in [-0.1, -0.05) is 13.8 Å². The zero-order valence-corrected chi connectivity index (χ0v) is 11.6. The van der Waals surface area contributed by atoms with Crippen LogP contribution < -0.4 is 5.32 Å². The highest BCUT2D eigenvalue weighted by atomic mass is 32.2.